The van der Waals surface area contributed by atoms with Gasteiger partial charge in [-0.1, -0.05) is 23.7 Å². The molecule has 2 aromatic rings. The Kier molecular flexibility index (Phi) is 6.91. The van der Waals surface area contributed by atoms with Gasteiger partial charge in [0.05, 0.1) is 19.2 Å². The van der Waals surface area contributed by atoms with E-state index in [1.54, 1.807) is 19.2 Å². The molecule has 134 valence electrons. The molecule has 0 unspecified atom stereocenters. The Morgan fingerprint density at radius 2 is 1.88 bits per heavy atom. The van der Waals surface area contributed by atoms with Crippen LogP contribution in [0.3, 0.4) is 0 Å². The van der Waals surface area contributed by atoms with Crippen molar-refractivity contribution in [1.82, 2.24) is 5.32 Å². The average molecular weight is 365 g/mol. The van der Waals surface area contributed by atoms with Crippen LogP contribution in [0.4, 0.5) is 0 Å². The maximum absolute atomic E-state index is 10.9. The molecule has 7 heteroatoms. The van der Waals surface area contributed by atoms with Crippen molar-refractivity contribution in [2.75, 3.05) is 20.8 Å². The number of primary amides is 1. The molecular weight excluding hydrogens is 344 g/mol. The van der Waals surface area contributed by atoms with Crippen LogP contribution >= 0.6 is 11.6 Å². The summed E-state index contributed by atoms with van der Waals surface area (Å²) in [6, 6.07) is 11.4. The molecule has 25 heavy (non-hydrogen) atoms. The molecule has 0 spiro atoms. The van der Waals surface area contributed by atoms with Gasteiger partial charge in [-0.05, 0) is 35.4 Å². The van der Waals surface area contributed by atoms with Crippen LogP contribution in [-0.4, -0.2) is 26.7 Å². The lowest BCUT2D eigenvalue weighted by Crippen LogP contribution is -2.20. The highest BCUT2D eigenvalue weighted by atomic mass is 35.5. The Morgan fingerprint density at radius 1 is 1.12 bits per heavy atom. The van der Waals surface area contributed by atoms with Gasteiger partial charge < -0.3 is 25.3 Å². The molecule has 0 saturated carbocycles. The van der Waals surface area contributed by atoms with Crippen LogP contribution in [0.15, 0.2) is 36.4 Å². The van der Waals surface area contributed by atoms with Gasteiger partial charge in [0.15, 0.2) is 18.1 Å². The van der Waals surface area contributed by atoms with Crippen molar-refractivity contribution in [1.29, 1.82) is 0 Å². The molecule has 0 aliphatic rings. The van der Waals surface area contributed by atoms with E-state index < -0.39 is 5.91 Å². The average Bonchev–Trinajstić information content (AvgIpc) is 2.60. The van der Waals surface area contributed by atoms with E-state index in [0.29, 0.717) is 29.6 Å². The first-order valence-corrected chi connectivity index (χ1v) is 8.02. The zero-order chi connectivity index (χ0) is 18.2. The van der Waals surface area contributed by atoms with Crippen LogP contribution in [0, 0.1) is 0 Å². The van der Waals surface area contributed by atoms with E-state index >= 15 is 0 Å². The van der Waals surface area contributed by atoms with Crippen molar-refractivity contribution in [2.24, 2.45) is 5.73 Å². The molecule has 0 aliphatic heterocycles. The zero-order valence-corrected chi connectivity index (χ0v) is 14.9. The number of nitrogens with two attached hydrogens (primary N) is 1. The Bertz CT molecular complexity index is 737. The number of benzene rings is 2. The lowest BCUT2D eigenvalue weighted by atomic mass is 10.1. The first-order valence-electron chi connectivity index (χ1n) is 7.64. The van der Waals surface area contributed by atoms with Crippen molar-refractivity contribution >= 4 is 17.5 Å². The predicted octanol–water partition coefficient (Wildman–Crippen LogP) is 2.51. The van der Waals surface area contributed by atoms with Gasteiger partial charge in [0.2, 0.25) is 0 Å². The van der Waals surface area contributed by atoms with Gasteiger partial charge in [0, 0.05) is 13.1 Å². The van der Waals surface area contributed by atoms with E-state index in [1.807, 2.05) is 24.3 Å². The second-order valence-corrected chi connectivity index (χ2v) is 5.73. The van der Waals surface area contributed by atoms with Gasteiger partial charge in [0.25, 0.3) is 5.91 Å². The lowest BCUT2D eigenvalue weighted by Gasteiger charge is -2.14. The third kappa shape index (κ3) is 5.55. The summed E-state index contributed by atoms with van der Waals surface area (Å²) in [5.41, 5.74) is 7.12. The summed E-state index contributed by atoms with van der Waals surface area (Å²) < 4.78 is 15.8. The van der Waals surface area contributed by atoms with Crippen molar-refractivity contribution < 1.29 is 19.0 Å². The molecule has 0 radical (unpaired) electrons. The maximum atomic E-state index is 10.9. The van der Waals surface area contributed by atoms with Crippen molar-refractivity contribution in [2.45, 2.75) is 13.1 Å². The highest BCUT2D eigenvalue weighted by Crippen LogP contribution is 2.36. The van der Waals surface area contributed by atoms with E-state index in [4.69, 9.17) is 31.5 Å². The summed E-state index contributed by atoms with van der Waals surface area (Å²) >= 11 is 6.23. The van der Waals surface area contributed by atoms with E-state index in [1.165, 1.54) is 7.11 Å². The highest BCUT2D eigenvalue weighted by Gasteiger charge is 2.13. The van der Waals surface area contributed by atoms with Crippen LogP contribution in [0.1, 0.15) is 11.1 Å². The predicted molar refractivity (Wildman–Crippen MR) is 96.2 cm³/mol. The first-order chi connectivity index (χ1) is 12.0. The SMILES string of the molecule is COc1cccc(CNCc2cc(Cl)c(OCC(N)=O)c(OC)c2)c1. The van der Waals surface area contributed by atoms with Crippen LogP contribution in [0.2, 0.25) is 5.02 Å². The number of rotatable bonds is 9. The molecule has 2 rings (SSSR count). The Morgan fingerprint density at radius 3 is 2.56 bits per heavy atom. The molecule has 6 nitrogen and oxygen atoms in total. The van der Waals surface area contributed by atoms with Gasteiger partial charge in [-0.25, -0.2) is 0 Å². The van der Waals surface area contributed by atoms with E-state index in [-0.39, 0.29) is 6.61 Å². The first kappa shape index (κ1) is 18.9. The Balaban J connectivity index is 2.02. The molecule has 1 amide bonds. The van der Waals surface area contributed by atoms with Crippen molar-refractivity contribution in [3.05, 3.63) is 52.5 Å². The molecule has 0 saturated heterocycles. The molecule has 0 atom stereocenters. The summed E-state index contributed by atoms with van der Waals surface area (Å²) in [7, 11) is 3.15. The number of methoxy groups -OCH3 is 2. The standard InChI is InChI=1S/C18H21ClN2O4/c1-23-14-5-3-4-12(6-14)9-21-10-13-7-15(19)18(16(8-13)24-2)25-11-17(20)22/h3-8,21H,9-11H2,1-2H3,(H2,20,22). The minimum atomic E-state index is -0.581. The second kappa shape index (κ2) is 9.15. The third-order valence-electron chi connectivity index (χ3n) is 3.44. The summed E-state index contributed by atoms with van der Waals surface area (Å²) in [5, 5.41) is 3.69. The monoisotopic (exact) mass is 364 g/mol. The minimum Gasteiger partial charge on any atom is -0.497 e. The molecular formula is C18H21ClN2O4. The molecule has 0 fully saturated rings. The van der Waals surface area contributed by atoms with Crippen LogP contribution < -0.4 is 25.3 Å². The number of nitrogens with one attached hydrogen (secondary N) is 1. The fourth-order valence-electron chi connectivity index (χ4n) is 2.29. The third-order valence-corrected chi connectivity index (χ3v) is 3.72. The highest BCUT2D eigenvalue weighted by molar-refractivity contribution is 6.32. The summed E-state index contributed by atoms with van der Waals surface area (Å²) in [6.45, 7) is 1.00. The van der Waals surface area contributed by atoms with Gasteiger partial charge in [-0.2, -0.15) is 0 Å². The topological polar surface area (TPSA) is 82.8 Å². The number of amides is 1. The second-order valence-electron chi connectivity index (χ2n) is 5.32. The molecule has 2 aromatic carbocycles. The molecule has 0 aliphatic carbocycles. The summed E-state index contributed by atoms with van der Waals surface area (Å²) in [6.07, 6.45) is 0. The Hall–Kier alpha value is -2.44. The maximum Gasteiger partial charge on any atom is 0.255 e. The van der Waals surface area contributed by atoms with Crippen LogP contribution in [0.25, 0.3) is 0 Å². The Labute approximate surface area is 151 Å². The largest absolute Gasteiger partial charge is 0.497 e. The van der Waals surface area contributed by atoms with Crippen molar-refractivity contribution in [3.63, 3.8) is 0 Å². The smallest absolute Gasteiger partial charge is 0.255 e. The van der Waals surface area contributed by atoms with E-state index in [9.17, 15) is 4.79 Å². The van der Waals surface area contributed by atoms with E-state index in [0.717, 1.165) is 16.9 Å². The fraction of sp³-hybridized carbons (Fsp3) is 0.278. The van der Waals surface area contributed by atoms with Crippen LogP contribution in [-0.2, 0) is 17.9 Å². The van der Waals surface area contributed by atoms with Crippen LogP contribution in [0.5, 0.6) is 17.2 Å². The minimum absolute atomic E-state index is 0.260. The molecule has 0 bridgehead atoms. The van der Waals surface area contributed by atoms with Gasteiger partial charge in [0.1, 0.15) is 5.75 Å². The number of carbonyl (C=O) groups excluding carboxylic acids is 1. The number of hydrogen-bond donors (Lipinski definition) is 2. The zero-order valence-electron chi connectivity index (χ0n) is 14.2. The molecule has 0 aromatic heterocycles. The normalized spacial score (nSPS) is 10.4. The fourth-order valence-corrected chi connectivity index (χ4v) is 2.58. The van der Waals surface area contributed by atoms with Gasteiger partial charge in [-0.3, -0.25) is 4.79 Å². The quantitative estimate of drug-likeness (QED) is 0.714. The summed E-state index contributed by atoms with van der Waals surface area (Å²) in [5.74, 6) is 0.994. The molecule has 0 heterocycles. The van der Waals surface area contributed by atoms with Crippen molar-refractivity contribution in [3.8, 4) is 17.2 Å². The lowest BCUT2D eigenvalue weighted by molar-refractivity contribution is -0.119. The van der Waals surface area contributed by atoms with Gasteiger partial charge >= 0.3 is 0 Å². The van der Waals surface area contributed by atoms with E-state index in [2.05, 4.69) is 5.32 Å². The van der Waals surface area contributed by atoms with Gasteiger partial charge in [-0.15, -0.1) is 0 Å². The number of halogens is 1. The number of hydrogen-bond acceptors (Lipinski definition) is 5. The molecule has 3 N–H and O–H groups in total. The number of carbonyl (C=O) groups is 1. The number of ether oxygens (including phenoxy) is 3. The summed E-state index contributed by atoms with van der Waals surface area (Å²) in [4.78, 5) is 10.9.